The first-order valence-electron chi connectivity index (χ1n) is 9.36. The van der Waals surface area contributed by atoms with E-state index in [-0.39, 0.29) is 17.4 Å². The van der Waals surface area contributed by atoms with E-state index in [2.05, 4.69) is 33.9 Å². The molecule has 150 valence electrons. The van der Waals surface area contributed by atoms with Gasteiger partial charge in [-0.1, -0.05) is 45.0 Å². The van der Waals surface area contributed by atoms with Crippen molar-refractivity contribution in [1.82, 2.24) is 0 Å². The van der Waals surface area contributed by atoms with Crippen molar-refractivity contribution in [1.29, 1.82) is 0 Å². The SMILES string of the molecule is CC(C)(C)[Si](C)(C)OCCc1ccc(O)cc1.OCCc1ccc(O)cc1. The minimum atomic E-state index is -1.62. The maximum atomic E-state index is 9.19. The monoisotopic (exact) mass is 390 g/mol. The summed E-state index contributed by atoms with van der Waals surface area (Å²) in [4.78, 5) is 0. The zero-order chi connectivity index (χ0) is 20.5. The van der Waals surface area contributed by atoms with Crippen molar-refractivity contribution < 1.29 is 19.7 Å². The Balaban J connectivity index is 0.000000309. The molecule has 5 heteroatoms. The topological polar surface area (TPSA) is 69.9 Å². The molecule has 0 fully saturated rings. The third kappa shape index (κ3) is 8.60. The minimum Gasteiger partial charge on any atom is -0.508 e. The lowest BCUT2D eigenvalue weighted by Gasteiger charge is -2.36. The molecule has 0 heterocycles. The van der Waals surface area contributed by atoms with Crippen LogP contribution in [-0.2, 0) is 17.3 Å². The van der Waals surface area contributed by atoms with Gasteiger partial charge in [-0.3, -0.25) is 0 Å². The van der Waals surface area contributed by atoms with E-state index in [1.54, 1.807) is 36.4 Å². The van der Waals surface area contributed by atoms with Gasteiger partial charge in [-0.25, -0.2) is 0 Å². The molecule has 0 atom stereocenters. The molecule has 0 amide bonds. The summed E-state index contributed by atoms with van der Waals surface area (Å²) in [6.07, 6.45) is 1.56. The van der Waals surface area contributed by atoms with E-state index in [0.717, 1.165) is 18.6 Å². The van der Waals surface area contributed by atoms with Crippen molar-refractivity contribution in [3.05, 3.63) is 59.7 Å². The van der Waals surface area contributed by atoms with E-state index < -0.39 is 8.32 Å². The number of aliphatic hydroxyl groups excluding tert-OH is 1. The van der Waals surface area contributed by atoms with Gasteiger partial charge in [-0.2, -0.15) is 0 Å². The maximum Gasteiger partial charge on any atom is 0.191 e. The molecular weight excluding hydrogens is 356 g/mol. The number of hydrogen-bond donors (Lipinski definition) is 3. The number of rotatable bonds is 6. The van der Waals surface area contributed by atoms with Gasteiger partial charge in [-0.05, 0) is 66.4 Å². The van der Waals surface area contributed by atoms with Crippen LogP contribution in [0.25, 0.3) is 0 Å². The van der Waals surface area contributed by atoms with E-state index in [9.17, 15) is 5.11 Å². The van der Waals surface area contributed by atoms with Gasteiger partial charge in [0.25, 0.3) is 0 Å². The van der Waals surface area contributed by atoms with Gasteiger partial charge in [0.05, 0.1) is 0 Å². The third-order valence-electron chi connectivity index (χ3n) is 4.93. The van der Waals surface area contributed by atoms with Crippen molar-refractivity contribution >= 4 is 8.32 Å². The Bertz CT molecular complexity index is 658. The molecule has 0 aliphatic carbocycles. The number of aliphatic hydroxyl groups is 1. The molecule has 4 nitrogen and oxygen atoms in total. The molecule has 3 N–H and O–H groups in total. The molecule has 0 saturated carbocycles. The number of phenolic OH excluding ortho intramolecular Hbond substituents is 2. The fourth-order valence-electron chi connectivity index (χ4n) is 2.09. The first-order chi connectivity index (χ1) is 12.5. The van der Waals surface area contributed by atoms with Crippen LogP contribution in [0, 0.1) is 0 Å². The molecule has 0 aliphatic heterocycles. The molecule has 0 spiro atoms. The van der Waals surface area contributed by atoms with Gasteiger partial charge in [0.1, 0.15) is 11.5 Å². The van der Waals surface area contributed by atoms with Gasteiger partial charge in [0.2, 0.25) is 0 Å². The van der Waals surface area contributed by atoms with Gasteiger partial charge < -0.3 is 19.7 Å². The second-order valence-electron chi connectivity index (χ2n) is 8.17. The largest absolute Gasteiger partial charge is 0.508 e. The molecule has 0 bridgehead atoms. The number of phenols is 2. The van der Waals surface area contributed by atoms with Crippen LogP contribution in [0.2, 0.25) is 18.1 Å². The maximum absolute atomic E-state index is 9.19. The van der Waals surface area contributed by atoms with Gasteiger partial charge in [0, 0.05) is 13.2 Å². The summed E-state index contributed by atoms with van der Waals surface area (Å²) >= 11 is 0. The lowest BCUT2D eigenvalue weighted by molar-refractivity contribution is 0.292. The van der Waals surface area contributed by atoms with Crippen LogP contribution >= 0.6 is 0 Å². The van der Waals surface area contributed by atoms with E-state index >= 15 is 0 Å². The van der Waals surface area contributed by atoms with Crippen LogP contribution in [0.1, 0.15) is 31.9 Å². The molecule has 0 aromatic heterocycles. The van der Waals surface area contributed by atoms with Crippen LogP contribution in [0.4, 0.5) is 0 Å². The minimum absolute atomic E-state index is 0.158. The fourth-order valence-corrected chi connectivity index (χ4v) is 3.14. The van der Waals surface area contributed by atoms with E-state index in [0.29, 0.717) is 12.2 Å². The highest BCUT2D eigenvalue weighted by Crippen LogP contribution is 2.36. The lowest BCUT2D eigenvalue weighted by Crippen LogP contribution is -2.41. The highest BCUT2D eigenvalue weighted by atomic mass is 28.4. The number of aromatic hydroxyl groups is 2. The van der Waals surface area contributed by atoms with Crippen molar-refractivity contribution in [2.24, 2.45) is 0 Å². The highest BCUT2D eigenvalue weighted by Gasteiger charge is 2.36. The normalized spacial score (nSPS) is 11.6. The Morgan fingerprint density at radius 2 is 1.19 bits per heavy atom. The zero-order valence-corrected chi connectivity index (χ0v) is 18.2. The molecule has 2 rings (SSSR count). The summed E-state index contributed by atoms with van der Waals surface area (Å²) in [5, 5.41) is 26.8. The predicted octanol–water partition coefficient (Wildman–Crippen LogP) is 4.88. The van der Waals surface area contributed by atoms with Crippen LogP contribution in [-0.4, -0.2) is 36.9 Å². The average Bonchev–Trinajstić information content (AvgIpc) is 2.58. The second-order valence-corrected chi connectivity index (χ2v) is 13.0. The molecule has 27 heavy (non-hydrogen) atoms. The first kappa shape index (κ1) is 23.2. The standard InChI is InChI=1S/C14H24O2Si.C8H10O2/c1-14(2,3)17(4,5)16-11-10-12-6-8-13(15)9-7-12;9-6-5-7-1-3-8(10)4-2-7/h6-9,15H,10-11H2,1-5H3;1-4,9-10H,5-6H2. The van der Waals surface area contributed by atoms with Gasteiger partial charge >= 0.3 is 0 Å². The van der Waals surface area contributed by atoms with E-state index in [1.807, 2.05) is 12.1 Å². The van der Waals surface area contributed by atoms with Crippen molar-refractivity contribution in [2.45, 2.75) is 51.7 Å². The first-order valence-corrected chi connectivity index (χ1v) is 12.3. The molecular formula is C22H34O4Si. The lowest BCUT2D eigenvalue weighted by atomic mass is 10.2. The molecule has 0 saturated heterocycles. The Morgan fingerprint density at radius 1 is 0.778 bits per heavy atom. The smallest absolute Gasteiger partial charge is 0.191 e. The van der Waals surface area contributed by atoms with Gasteiger partial charge in [-0.15, -0.1) is 0 Å². The van der Waals surface area contributed by atoms with Crippen molar-refractivity contribution in [3.8, 4) is 11.5 Å². The highest BCUT2D eigenvalue weighted by molar-refractivity contribution is 6.74. The zero-order valence-electron chi connectivity index (χ0n) is 17.2. The van der Waals surface area contributed by atoms with E-state index in [1.165, 1.54) is 5.56 Å². The van der Waals surface area contributed by atoms with Crippen LogP contribution < -0.4 is 0 Å². The quantitative estimate of drug-likeness (QED) is 0.615. The molecule has 0 unspecified atom stereocenters. The molecule has 2 aromatic carbocycles. The van der Waals surface area contributed by atoms with Crippen LogP contribution in [0.3, 0.4) is 0 Å². The summed E-state index contributed by atoms with van der Waals surface area (Å²) in [5.74, 6) is 0.584. The summed E-state index contributed by atoms with van der Waals surface area (Å²) < 4.78 is 6.10. The fraction of sp³-hybridized carbons (Fsp3) is 0.455. The van der Waals surface area contributed by atoms with Crippen LogP contribution in [0.5, 0.6) is 11.5 Å². The Labute approximate surface area is 164 Å². The second kappa shape index (κ2) is 10.5. The third-order valence-corrected chi connectivity index (χ3v) is 9.47. The van der Waals surface area contributed by atoms with Crippen molar-refractivity contribution in [2.75, 3.05) is 13.2 Å². The number of hydrogen-bond acceptors (Lipinski definition) is 4. The summed E-state index contributed by atoms with van der Waals surface area (Å²) in [7, 11) is -1.62. The van der Waals surface area contributed by atoms with Crippen LogP contribution in [0.15, 0.2) is 48.5 Å². The Morgan fingerprint density at radius 3 is 1.56 bits per heavy atom. The average molecular weight is 391 g/mol. The number of benzene rings is 2. The molecule has 0 aliphatic rings. The van der Waals surface area contributed by atoms with E-state index in [4.69, 9.17) is 14.6 Å². The Kier molecular flexibility index (Phi) is 9.02. The Hall–Kier alpha value is -1.82. The molecule has 0 radical (unpaired) electrons. The summed E-state index contributed by atoms with van der Waals surface area (Å²) in [6.45, 7) is 12.2. The molecule has 2 aromatic rings. The summed E-state index contributed by atoms with van der Waals surface area (Å²) in [5.41, 5.74) is 2.25. The van der Waals surface area contributed by atoms with Gasteiger partial charge in [0.15, 0.2) is 8.32 Å². The van der Waals surface area contributed by atoms with Crippen molar-refractivity contribution in [3.63, 3.8) is 0 Å². The summed E-state index contributed by atoms with van der Waals surface area (Å²) in [6, 6.07) is 14.2. The predicted molar refractivity (Wildman–Crippen MR) is 114 cm³/mol.